The largest absolute Gasteiger partial charge is 0.353 e. The van der Waals surface area contributed by atoms with Gasteiger partial charge in [-0.1, -0.05) is 12.1 Å². The zero-order valence-corrected chi connectivity index (χ0v) is 16.3. The maximum absolute atomic E-state index is 4.60. The van der Waals surface area contributed by atoms with Crippen LogP contribution in [0.4, 0.5) is 5.82 Å². The van der Waals surface area contributed by atoms with E-state index in [2.05, 4.69) is 62.3 Å². The number of rotatable bonds is 4. The second-order valence-corrected chi connectivity index (χ2v) is 8.13. The number of anilines is 1. The molecule has 6 nitrogen and oxygen atoms in total. The van der Waals surface area contributed by atoms with Gasteiger partial charge in [-0.15, -0.1) is 0 Å². The molecular weight excluding hydrogens is 348 g/mol. The summed E-state index contributed by atoms with van der Waals surface area (Å²) in [6.07, 6.45) is 12.2. The Hall–Kier alpha value is -2.73. The molecule has 144 valence electrons. The van der Waals surface area contributed by atoms with Crippen molar-refractivity contribution in [1.29, 1.82) is 0 Å². The first-order chi connectivity index (χ1) is 13.7. The lowest BCUT2D eigenvalue weighted by molar-refractivity contribution is 0.126. The highest BCUT2D eigenvalue weighted by Gasteiger charge is 2.35. The van der Waals surface area contributed by atoms with E-state index in [9.17, 15) is 0 Å². The molecule has 5 heterocycles. The van der Waals surface area contributed by atoms with Gasteiger partial charge in [0.15, 0.2) is 0 Å². The summed E-state index contributed by atoms with van der Waals surface area (Å²) in [6, 6.07) is 9.04. The lowest BCUT2D eigenvalue weighted by atomic mass is 9.95. The lowest BCUT2D eigenvalue weighted by Gasteiger charge is -2.35. The van der Waals surface area contributed by atoms with Crippen LogP contribution < -0.4 is 4.90 Å². The standard InChI is InChI=1S/C22H26N6/c1-17-3-2-4-20(9-17)28-15-19(10-25-28)14-26-12-18-5-6-21(26)16-27(13-18)22-11-23-7-8-24-22/h2-4,7-11,15,18,21H,5-6,12-14,16H2,1H3/t18-,21-/m1/s1. The molecule has 6 rings (SSSR count). The quantitative estimate of drug-likeness (QED) is 0.702. The van der Waals surface area contributed by atoms with E-state index in [1.165, 1.54) is 24.0 Å². The van der Waals surface area contributed by atoms with Crippen molar-refractivity contribution in [1.82, 2.24) is 24.6 Å². The predicted octanol–water partition coefficient (Wildman–Crippen LogP) is 3.07. The molecule has 2 aromatic heterocycles. The van der Waals surface area contributed by atoms with Crippen LogP contribution in [0.15, 0.2) is 55.2 Å². The van der Waals surface area contributed by atoms with Gasteiger partial charge in [0.2, 0.25) is 0 Å². The molecule has 3 aliphatic rings. The van der Waals surface area contributed by atoms with Gasteiger partial charge >= 0.3 is 0 Å². The van der Waals surface area contributed by atoms with Crippen LogP contribution in [0.3, 0.4) is 0 Å². The van der Waals surface area contributed by atoms with E-state index in [1.54, 1.807) is 12.4 Å². The minimum atomic E-state index is 0.558. The van der Waals surface area contributed by atoms with Crippen molar-refractivity contribution in [3.05, 3.63) is 66.4 Å². The van der Waals surface area contributed by atoms with E-state index in [0.29, 0.717) is 12.0 Å². The Balaban J connectivity index is 1.31. The Labute approximate surface area is 165 Å². The average Bonchev–Trinajstić information content (AvgIpc) is 2.99. The van der Waals surface area contributed by atoms with Crippen molar-refractivity contribution in [3.8, 4) is 5.69 Å². The second kappa shape index (κ2) is 7.36. The molecule has 0 aliphatic carbocycles. The zero-order chi connectivity index (χ0) is 18.9. The number of aryl methyl sites for hydroxylation is 1. The fourth-order valence-corrected chi connectivity index (χ4v) is 4.60. The third-order valence-corrected chi connectivity index (χ3v) is 5.99. The van der Waals surface area contributed by atoms with Gasteiger partial charge < -0.3 is 4.90 Å². The number of nitrogens with zero attached hydrogens (tertiary/aromatic N) is 6. The van der Waals surface area contributed by atoms with Gasteiger partial charge in [-0.25, -0.2) is 9.67 Å². The summed E-state index contributed by atoms with van der Waals surface area (Å²) in [7, 11) is 0. The van der Waals surface area contributed by atoms with Crippen molar-refractivity contribution >= 4 is 5.82 Å². The summed E-state index contributed by atoms with van der Waals surface area (Å²) < 4.78 is 1.99. The fraction of sp³-hybridized carbons (Fsp3) is 0.409. The van der Waals surface area contributed by atoms with Crippen LogP contribution in [0.2, 0.25) is 0 Å². The summed E-state index contributed by atoms with van der Waals surface area (Å²) in [5.41, 5.74) is 3.65. The molecule has 3 saturated heterocycles. The van der Waals surface area contributed by atoms with Crippen LogP contribution in [0.5, 0.6) is 0 Å². The molecule has 28 heavy (non-hydrogen) atoms. The van der Waals surface area contributed by atoms with E-state index in [1.807, 2.05) is 17.1 Å². The Kier molecular flexibility index (Phi) is 4.56. The molecule has 0 unspecified atom stereocenters. The summed E-state index contributed by atoms with van der Waals surface area (Å²) in [5.74, 6) is 1.70. The van der Waals surface area contributed by atoms with E-state index < -0.39 is 0 Å². The molecule has 0 N–H and O–H groups in total. The first kappa shape index (κ1) is 17.4. The third-order valence-electron chi connectivity index (χ3n) is 5.99. The minimum absolute atomic E-state index is 0.558. The molecule has 3 aromatic rings. The van der Waals surface area contributed by atoms with Gasteiger partial charge in [0.25, 0.3) is 0 Å². The van der Waals surface area contributed by atoms with Crippen molar-refractivity contribution in [2.45, 2.75) is 32.4 Å². The highest BCUT2D eigenvalue weighted by Crippen LogP contribution is 2.31. The van der Waals surface area contributed by atoms with E-state index in [4.69, 9.17) is 0 Å². The molecule has 0 radical (unpaired) electrons. The van der Waals surface area contributed by atoms with Gasteiger partial charge in [-0.05, 0) is 43.4 Å². The van der Waals surface area contributed by atoms with Crippen LogP contribution in [-0.4, -0.2) is 50.3 Å². The Morgan fingerprint density at radius 2 is 2.04 bits per heavy atom. The molecule has 0 saturated carbocycles. The molecule has 3 aliphatic heterocycles. The summed E-state index contributed by atoms with van der Waals surface area (Å²) in [6.45, 7) is 6.33. The zero-order valence-electron chi connectivity index (χ0n) is 16.3. The van der Waals surface area contributed by atoms with Gasteiger partial charge in [-0.3, -0.25) is 9.88 Å². The highest BCUT2D eigenvalue weighted by molar-refractivity contribution is 5.37. The first-order valence-electron chi connectivity index (χ1n) is 10.1. The van der Waals surface area contributed by atoms with Crippen LogP contribution in [0.1, 0.15) is 24.0 Å². The van der Waals surface area contributed by atoms with Crippen LogP contribution in [0, 0.1) is 12.8 Å². The number of fused-ring (bicyclic) bond motifs is 4. The molecular formula is C22H26N6. The number of aromatic nitrogens is 4. The van der Waals surface area contributed by atoms with E-state index in [-0.39, 0.29) is 0 Å². The number of benzene rings is 1. The normalized spacial score (nSPS) is 22.4. The van der Waals surface area contributed by atoms with E-state index >= 15 is 0 Å². The highest BCUT2D eigenvalue weighted by atomic mass is 15.3. The molecule has 0 spiro atoms. The molecule has 0 amide bonds. The predicted molar refractivity (Wildman–Crippen MR) is 109 cm³/mol. The third kappa shape index (κ3) is 3.52. The summed E-state index contributed by atoms with van der Waals surface area (Å²) in [4.78, 5) is 13.8. The maximum Gasteiger partial charge on any atom is 0.147 e. The smallest absolute Gasteiger partial charge is 0.147 e. The minimum Gasteiger partial charge on any atom is -0.353 e. The number of piperidine rings is 1. The van der Waals surface area contributed by atoms with Crippen LogP contribution in [-0.2, 0) is 6.54 Å². The maximum atomic E-state index is 4.60. The van der Waals surface area contributed by atoms with Crippen molar-refractivity contribution in [3.63, 3.8) is 0 Å². The lowest BCUT2D eigenvalue weighted by Crippen LogP contribution is -2.43. The molecule has 1 aromatic carbocycles. The summed E-state index contributed by atoms with van der Waals surface area (Å²) in [5, 5.41) is 4.60. The van der Waals surface area contributed by atoms with Gasteiger partial charge in [0.05, 0.1) is 18.1 Å². The second-order valence-electron chi connectivity index (χ2n) is 8.13. The monoisotopic (exact) mass is 374 g/mol. The Bertz CT molecular complexity index is 937. The van der Waals surface area contributed by atoms with E-state index in [0.717, 1.165) is 37.7 Å². The van der Waals surface area contributed by atoms with Gasteiger partial charge in [-0.2, -0.15) is 5.10 Å². The summed E-state index contributed by atoms with van der Waals surface area (Å²) >= 11 is 0. The SMILES string of the molecule is Cc1cccc(-n2cc(CN3C[C@H]4CC[C@@H]3CN(c3cnccn3)C4)cn2)c1. The molecule has 2 bridgehead atoms. The van der Waals surface area contributed by atoms with Crippen molar-refractivity contribution < 1.29 is 0 Å². The molecule has 2 atom stereocenters. The molecule has 3 fully saturated rings. The van der Waals surface area contributed by atoms with Gasteiger partial charge in [0, 0.05) is 56.4 Å². The number of hydrogen-bond acceptors (Lipinski definition) is 5. The topological polar surface area (TPSA) is 50.1 Å². The van der Waals surface area contributed by atoms with Crippen molar-refractivity contribution in [2.24, 2.45) is 5.92 Å². The Morgan fingerprint density at radius 1 is 1.07 bits per heavy atom. The first-order valence-corrected chi connectivity index (χ1v) is 10.1. The Morgan fingerprint density at radius 3 is 2.89 bits per heavy atom. The van der Waals surface area contributed by atoms with Crippen LogP contribution >= 0.6 is 0 Å². The number of hydrogen-bond donors (Lipinski definition) is 0. The average molecular weight is 374 g/mol. The van der Waals surface area contributed by atoms with Gasteiger partial charge in [0.1, 0.15) is 5.82 Å². The van der Waals surface area contributed by atoms with Crippen LogP contribution in [0.25, 0.3) is 5.69 Å². The van der Waals surface area contributed by atoms with Crippen molar-refractivity contribution in [2.75, 3.05) is 24.5 Å². The fourth-order valence-electron chi connectivity index (χ4n) is 4.60. The molecule has 6 heteroatoms.